The third-order valence-electron chi connectivity index (χ3n) is 1.78. The highest BCUT2D eigenvalue weighted by atomic mass is 35.5. The van der Waals surface area contributed by atoms with Gasteiger partial charge in [0, 0.05) is 0 Å². The van der Waals surface area contributed by atoms with Crippen LogP contribution in [0.2, 0.25) is 5.15 Å². The minimum atomic E-state index is -5.79. The normalized spacial score (nSPS) is 12.3. The van der Waals surface area contributed by atoms with Gasteiger partial charge in [0.05, 0.1) is 17.1 Å². The third kappa shape index (κ3) is 3.88. The van der Waals surface area contributed by atoms with Gasteiger partial charge in [0.15, 0.2) is 6.61 Å². The van der Waals surface area contributed by atoms with Crippen LogP contribution in [0.25, 0.3) is 0 Å². The molecule has 0 spiro atoms. The Morgan fingerprint density at radius 1 is 1.32 bits per heavy atom. The van der Waals surface area contributed by atoms with E-state index in [-0.39, 0.29) is 0 Å². The van der Waals surface area contributed by atoms with Crippen molar-refractivity contribution in [3.8, 4) is 5.88 Å². The first-order valence-electron chi connectivity index (χ1n) is 4.42. The first kappa shape index (κ1) is 15.3. The van der Waals surface area contributed by atoms with Crippen molar-refractivity contribution in [1.29, 1.82) is 0 Å². The molecule has 0 fully saturated rings. The predicted molar refractivity (Wildman–Crippen MR) is 52.4 cm³/mol. The lowest BCUT2D eigenvalue weighted by Crippen LogP contribution is -2.41. The fourth-order valence-corrected chi connectivity index (χ4v) is 1.08. The summed E-state index contributed by atoms with van der Waals surface area (Å²) in [4.78, 5) is 12.7. The van der Waals surface area contributed by atoms with E-state index in [0.29, 0.717) is 6.07 Å². The van der Waals surface area contributed by atoms with Gasteiger partial charge in [0.2, 0.25) is 5.88 Å². The van der Waals surface area contributed by atoms with E-state index in [0.717, 1.165) is 6.07 Å². The van der Waals surface area contributed by atoms with Crippen LogP contribution in [0.15, 0.2) is 12.1 Å². The third-order valence-corrected chi connectivity index (χ3v) is 1.98. The van der Waals surface area contributed by atoms with Gasteiger partial charge in [-0.2, -0.15) is 22.0 Å². The molecule has 19 heavy (non-hydrogen) atoms. The number of halogens is 6. The van der Waals surface area contributed by atoms with Gasteiger partial charge in [-0.3, -0.25) is 10.1 Å². The monoisotopic (exact) mass is 306 g/mol. The number of rotatable bonds is 4. The summed E-state index contributed by atoms with van der Waals surface area (Å²) in [6.45, 7) is -2.05. The average molecular weight is 307 g/mol. The fourth-order valence-electron chi connectivity index (χ4n) is 0.886. The number of aromatic nitrogens is 1. The maximum atomic E-state index is 12.5. The summed E-state index contributed by atoms with van der Waals surface area (Å²) in [6.07, 6.45) is -5.79. The van der Waals surface area contributed by atoms with Crippen molar-refractivity contribution in [1.82, 2.24) is 4.98 Å². The number of alkyl halides is 5. The van der Waals surface area contributed by atoms with Crippen molar-refractivity contribution in [2.45, 2.75) is 12.1 Å². The Labute approximate surface area is 107 Å². The van der Waals surface area contributed by atoms with Crippen molar-refractivity contribution in [3.05, 3.63) is 27.4 Å². The van der Waals surface area contributed by atoms with Crippen LogP contribution in [0.4, 0.5) is 27.6 Å². The lowest BCUT2D eigenvalue weighted by molar-refractivity contribution is -0.385. The molecule has 0 aliphatic rings. The van der Waals surface area contributed by atoms with E-state index in [1.54, 1.807) is 0 Å². The van der Waals surface area contributed by atoms with E-state index in [1.807, 2.05) is 0 Å². The second kappa shape index (κ2) is 5.11. The fraction of sp³-hybridized carbons (Fsp3) is 0.375. The second-order valence-electron chi connectivity index (χ2n) is 3.23. The Kier molecular flexibility index (Phi) is 4.13. The first-order valence-corrected chi connectivity index (χ1v) is 4.80. The molecule has 5 nitrogen and oxygen atoms in total. The highest BCUT2D eigenvalue weighted by Gasteiger charge is 2.58. The molecule has 11 heteroatoms. The Bertz CT molecular complexity index is 494. The lowest BCUT2D eigenvalue weighted by atomic mass is 10.3. The summed E-state index contributed by atoms with van der Waals surface area (Å²) < 4.78 is 64.7. The van der Waals surface area contributed by atoms with Gasteiger partial charge in [-0.1, -0.05) is 11.6 Å². The highest BCUT2D eigenvalue weighted by Crippen LogP contribution is 2.35. The second-order valence-corrected chi connectivity index (χ2v) is 3.62. The Balaban J connectivity index is 2.87. The molecule has 0 unspecified atom stereocenters. The summed E-state index contributed by atoms with van der Waals surface area (Å²) >= 11 is 5.33. The van der Waals surface area contributed by atoms with Crippen LogP contribution in [-0.4, -0.2) is 28.6 Å². The standard InChI is InChI=1S/C8H4ClF5N2O3/c9-5-1-4(16(17)18)2-6(15-5)19-3-7(10,11)8(12,13)14/h1-2H,3H2. The van der Waals surface area contributed by atoms with Crippen molar-refractivity contribution >= 4 is 17.3 Å². The molecule has 106 valence electrons. The maximum absolute atomic E-state index is 12.5. The van der Waals surface area contributed by atoms with Gasteiger partial charge in [0.25, 0.3) is 5.69 Å². The Morgan fingerprint density at radius 2 is 1.89 bits per heavy atom. The zero-order valence-corrected chi connectivity index (χ0v) is 9.50. The summed E-state index contributed by atoms with van der Waals surface area (Å²) in [6, 6.07) is 1.37. The lowest BCUT2D eigenvalue weighted by Gasteiger charge is -2.19. The highest BCUT2D eigenvalue weighted by molar-refractivity contribution is 6.29. The van der Waals surface area contributed by atoms with Crippen molar-refractivity contribution in [2.24, 2.45) is 0 Å². The molecule has 0 aliphatic heterocycles. The largest absolute Gasteiger partial charge is 0.471 e. The molecule has 0 amide bonds. The number of nitro groups is 1. The van der Waals surface area contributed by atoms with Gasteiger partial charge in [0.1, 0.15) is 5.15 Å². The minimum Gasteiger partial charge on any atom is -0.471 e. The molecule has 1 heterocycles. The molecule has 0 atom stereocenters. The molecule has 0 aliphatic carbocycles. The van der Waals surface area contributed by atoms with E-state index in [2.05, 4.69) is 9.72 Å². The average Bonchev–Trinajstić information content (AvgIpc) is 2.24. The zero-order chi connectivity index (χ0) is 14.8. The zero-order valence-electron chi connectivity index (χ0n) is 8.75. The molecule has 0 bridgehead atoms. The quantitative estimate of drug-likeness (QED) is 0.371. The molecule has 1 aromatic rings. The van der Waals surface area contributed by atoms with E-state index in [4.69, 9.17) is 11.6 Å². The smallest absolute Gasteiger partial charge is 0.456 e. The van der Waals surface area contributed by atoms with Crippen molar-refractivity contribution in [3.63, 3.8) is 0 Å². The molecular weight excluding hydrogens is 303 g/mol. The summed E-state index contributed by atoms with van der Waals surface area (Å²) in [5.74, 6) is -5.91. The van der Waals surface area contributed by atoms with E-state index < -0.39 is 40.3 Å². The number of hydrogen-bond donors (Lipinski definition) is 0. The van der Waals surface area contributed by atoms with Crippen molar-refractivity contribution < 1.29 is 31.6 Å². The van der Waals surface area contributed by atoms with Crippen LogP contribution >= 0.6 is 11.6 Å². The molecule has 1 aromatic heterocycles. The van der Waals surface area contributed by atoms with E-state index in [9.17, 15) is 32.1 Å². The maximum Gasteiger partial charge on any atom is 0.456 e. The molecule has 0 N–H and O–H groups in total. The molecule has 1 rings (SSSR count). The van der Waals surface area contributed by atoms with Crippen LogP contribution in [-0.2, 0) is 0 Å². The molecule has 0 aromatic carbocycles. The van der Waals surface area contributed by atoms with Crippen LogP contribution in [0.5, 0.6) is 5.88 Å². The topological polar surface area (TPSA) is 65.3 Å². The van der Waals surface area contributed by atoms with E-state index in [1.165, 1.54) is 0 Å². The van der Waals surface area contributed by atoms with Gasteiger partial charge in [-0.05, 0) is 0 Å². The molecule has 0 radical (unpaired) electrons. The molecule has 0 saturated heterocycles. The number of pyridine rings is 1. The van der Waals surface area contributed by atoms with Crippen LogP contribution < -0.4 is 4.74 Å². The van der Waals surface area contributed by atoms with Crippen molar-refractivity contribution in [2.75, 3.05) is 6.61 Å². The van der Waals surface area contributed by atoms with Gasteiger partial charge >= 0.3 is 12.1 Å². The summed E-state index contributed by atoms with van der Waals surface area (Å²) in [5, 5.41) is 9.93. The van der Waals surface area contributed by atoms with Gasteiger partial charge < -0.3 is 4.74 Å². The van der Waals surface area contributed by atoms with Gasteiger partial charge in [-0.25, -0.2) is 4.98 Å². The number of ether oxygens (including phenoxy) is 1. The first-order chi connectivity index (χ1) is 8.53. The minimum absolute atomic E-state index is 0.473. The number of hydrogen-bond acceptors (Lipinski definition) is 4. The van der Waals surface area contributed by atoms with Gasteiger partial charge in [-0.15, -0.1) is 0 Å². The molecular formula is C8H4ClF5N2O3. The number of nitrogens with zero attached hydrogens (tertiary/aromatic N) is 2. The SMILES string of the molecule is O=[N+]([O-])c1cc(Cl)nc(OCC(F)(F)C(F)(F)F)c1. The van der Waals surface area contributed by atoms with Crippen LogP contribution in [0, 0.1) is 10.1 Å². The summed E-state index contributed by atoms with van der Waals surface area (Å²) in [7, 11) is 0. The Morgan fingerprint density at radius 3 is 2.37 bits per heavy atom. The predicted octanol–water partition coefficient (Wildman–Crippen LogP) is 3.22. The van der Waals surface area contributed by atoms with Crippen LogP contribution in [0.3, 0.4) is 0 Å². The van der Waals surface area contributed by atoms with Crippen LogP contribution in [0.1, 0.15) is 0 Å². The Hall–Kier alpha value is -1.71. The molecule has 0 saturated carbocycles. The van der Waals surface area contributed by atoms with E-state index >= 15 is 0 Å². The summed E-state index contributed by atoms with van der Waals surface area (Å²) in [5.41, 5.74) is -0.648.